The number of nitrogens with zero attached hydrogens (tertiary/aromatic N) is 1. The van der Waals surface area contributed by atoms with Crippen LogP contribution in [0.2, 0.25) is 0 Å². The molecule has 0 aliphatic carbocycles. The topological polar surface area (TPSA) is 110 Å². The van der Waals surface area contributed by atoms with Crippen molar-refractivity contribution in [1.82, 2.24) is 10.6 Å². The zero-order valence-corrected chi connectivity index (χ0v) is 13.6. The number of carbonyl (C=O) groups is 2. The molecule has 0 saturated carbocycles. The summed E-state index contributed by atoms with van der Waals surface area (Å²) in [6, 6.07) is 6.79. The highest BCUT2D eigenvalue weighted by Gasteiger charge is 2.19. The van der Waals surface area contributed by atoms with Crippen molar-refractivity contribution < 1.29 is 23.8 Å². The number of nitrogens with one attached hydrogen (secondary N) is 3. The Morgan fingerprint density at radius 2 is 2.24 bits per heavy atom. The van der Waals surface area contributed by atoms with Gasteiger partial charge in [0, 0.05) is 18.7 Å². The second-order valence-corrected chi connectivity index (χ2v) is 5.65. The number of rotatable bonds is 5. The van der Waals surface area contributed by atoms with Crippen LogP contribution in [0.4, 0.5) is 15.3 Å². The van der Waals surface area contributed by atoms with Crippen molar-refractivity contribution in [1.29, 1.82) is 0 Å². The van der Waals surface area contributed by atoms with Crippen molar-refractivity contribution in [3.05, 3.63) is 29.8 Å². The third-order valence-corrected chi connectivity index (χ3v) is 3.65. The van der Waals surface area contributed by atoms with Crippen LogP contribution in [-0.4, -0.2) is 50.6 Å². The third kappa shape index (κ3) is 5.35. The Kier molecular flexibility index (Phi) is 5.68. The Bertz CT molecular complexity index is 645. The highest BCUT2D eigenvalue weighted by molar-refractivity contribution is 5.89. The van der Waals surface area contributed by atoms with Crippen molar-refractivity contribution in [2.75, 3.05) is 25.1 Å². The molecule has 2 atom stereocenters. The number of ether oxygens (including phenoxy) is 3. The Balaban J connectivity index is 1.44. The van der Waals surface area contributed by atoms with Crippen LogP contribution in [0.1, 0.15) is 12.0 Å². The van der Waals surface area contributed by atoms with Gasteiger partial charge in [-0.05, 0) is 17.7 Å². The SMILES string of the molecule is O=C(Nc1cccc(CNC(=O)O[C@H]2CCOC2)c1)NC1COC=N1. The van der Waals surface area contributed by atoms with Gasteiger partial charge in [0.2, 0.25) is 0 Å². The summed E-state index contributed by atoms with van der Waals surface area (Å²) in [6.45, 7) is 1.68. The number of hydrogen-bond donors (Lipinski definition) is 3. The van der Waals surface area contributed by atoms with E-state index in [1.165, 1.54) is 6.40 Å². The van der Waals surface area contributed by atoms with Gasteiger partial charge in [0.05, 0.1) is 13.2 Å². The molecule has 1 aromatic rings. The van der Waals surface area contributed by atoms with Crippen molar-refractivity contribution in [2.45, 2.75) is 25.2 Å². The maximum absolute atomic E-state index is 11.9. The van der Waals surface area contributed by atoms with E-state index in [1.807, 2.05) is 6.07 Å². The molecule has 2 aliphatic heterocycles. The molecule has 3 rings (SSSR count). The van der Waals surface area contributed by atoms with Gasteiger partial charge >= 0.3 is 12.1 Å². The van der Waals surface area contributed by atoms with Gasteiger partial charge in [0.15, 0.2) is 12.6 Å². The smallest absolute Gasteiger partial charge is 0.407 e. The molecule has 0 spiro atoms. The van der Waals surface area contributed by atoms with Gasteiger partial charge < -0.3 is 30.2 Å². The molecule has 9 heteroatoms. The van der Waals surface area contributed by atoms with Crippen molar-refractivity contribution in [2.24, 2.45) is 4.99 Å². The molecule has 3 N–H and O–H groups in total. The quantitative estimate of drug-likeness (QED) is 0.741. The van der Waals surface area contributed by atoms with E-state index in [-0.39, 0.29) is 18.3 Å². The number of benzene rings is 1. The van der Waals surface area contributed by atoms with Gasteiger partial charge in [-0.15, -0.1) is 0 Å². The minimum Gasteiger partial charge on any atom is -0.479 e. The van der Waals surface area contributed by atoms with E-state index >= 15 is 0 Å². The molecule has 25 heavy (non-hydrogen) atoms. The van der Waals surface area contributed by atoms with Gasteiger partial charge in [0.25, 0.3) is 0 Å². The van der Waals surface area contributed by atoms with E-state index in [2.05, 4.69) is 20.9 Å². The highest BCUT2D eigenvalue weighted by atomic mass is 16.6. The number of aliphatic imine (C=N–C) groups is 1. The number of anilines is 1. The van der Waals surface area contributed by atoms with Crippen LogP contribution < -0.4 is 16.0 Å². The molecule has 134 valence electrons. The normalized spacial score (nSPS) is 21.4. The first-order valence-electron chi connectivity index (χ1n) is 8.01. The van der Waals surface area contributed by atoms with Gasteiger partial charge in [0.1, 0.15) is 12.7 Å². The van der Waals surface area contributed by atoms with Crippen LogP contribution in [0.3, 0.4) is 0 Å². The minimum atomic E-state index is -0.481. The van der Waals surface area contributed by atoms with Crippen LogP contribution in [0.5, 0.6) is 0 Å². The summed E-state index contributed by atoms with van der Waals surface area (Å²) >= 11 is 0. The first kappa shape index (κ1) is 17.0. The predicted molar refractivity (Wildman–Crippen MR) is 89.4 cm³/mol. The van der Waals surface area contributed by atoms with Crippen LogP contribution in [-0.2, 0) is 20.8 Å². The van der Waals surface area contributed by atoms with Gasteiger partial charge in [-0.3, -0.25) is 0 Å². The van der Waals surface area contributed by atoms with Crippen LogP contribution in [0.25, 0.3) is 0 Å². The lowest BCUT2D eigenvalue weighted by molar-refractivity contribution is 0.0828. The fraction of sp³-hybridized carbons (Fsp3) is 0.438. The zero-order chi connectivity index (χ0) is 17.5. The maximum Gasteiger partial charge on any atom is 0.407 e. The molecule has 1 saturated heterocycles. The van der Waals surface area contributed by atoms with E-state index in [1.54, 1.807) is 18.2 Å². The molecule has 0 aromatic heterocycles. The molecule has 2 aliphatic rings. The molecular weight excluding hydrogens is 328 g/mol. The minimum absolute atomic E-state index is 0.182. The summed E-state index contributed by atoms with van der Waals surface area (Å²) in [5.74, 6) is 0. The third-order valence-electron chi connectivity index (χ3n) is 3.65. The lowest BCUT2D eigenvalue weighted by atomic mass is 10.2. The second-order valence-electron chi connectivity index (χ2n) is 5.65. The average molecular weight is 348 g/mol. The Morgan fingerprint density at radius 1 is 1.32 bits per heavy atom. The highest BCUT2D eigenvalue weighted by Crippen LogP contribution is 2.12. The van der Waals surface area contributed by atoms with Crippen LogP contribution in [0.15, 0.2) is 29.3 Å². The van der Waals surface area contributed by atoms with Crippen molar-refractivity contribution in [3.8, 4) is 0 Å². The lowest BCUT2D eigenvalue weighted by Gasteiger charge is -2.13. The number of carbonyl (C=O) groups excluding carboxylic acids is 2. The molecule has 0 bridgehead atoms. The maximum atomic E-state index is 11.9. The zero-order valence-electron chi connectivity index (χ0n) is 13.6. The fourth-order valence-electron chi connectivity index (χ4n) is 2.42. The van der Waals surface area contributed by atoms with Crippen molar-refractivity contribution in [3.63, 3.8) is 0 Å². The van der Waals surface area contributed by atoms with Gasteiger partial charge in [-0.2, -0.15) is 0 Å². The fourth-order valence-corrected chi connectivity index (χ4v) is 2.42. The molecule has 3 amide bonds. The molecule has 1 aromatic carbocycles. The van der Waals surface area contributed by atoms with Gasteiger partial charge in [-0.25, -0.2) is 14.6 Å². The largest absolute Gasteiger partial charge is 0.479 e. The molecule has 1 fully saturated rings. The molecule has 0 radical (unpaired) electrons. The number of hydrogen-bond acceptors (Lipinski definition) is 6. The first-order valence-corrected chi connectivity index (χ1v) is 8.01. The van der Waals surface area contributed by atoms with E-state index in [0.29, 0.717) is 32.1 Å². The van der Waals surface area contributed by atoms with E-state index in [9.17, 15) is 9.59 Å². The Morgan fingerprint density at radius 3 is 3.00 bits per heavy atom. The second kappa shape index (κ2) is 8.34. The summed E-state index contributed by atoms with van der Waals surface area (Å²) in [7, 11) is 0. The summed E-state index contributed by atoms with van der Waals surface area (Å²) < 4.78 is 15.3. The molecule has 9 nitrogen and oxygen atoms in total. The summed E-state index contributed by atoms with van der Waals surface area (Å²) in [4.78, 5) is 27.6. The number of alkyl carbamates (subject to hydrolysis) is 1. The summed E-state index contributed by atoms with van der Waals surface area (Å²) in [5, 5.41) is 8.06. The van der Waals surface area contributed by atoms with E-state index in [0.717, 1.165) is 12.0 Å². The molecular formula is C16H20N4O5. The standard InChI is InChI=1S/C16H20N4O5/c21-15(20-14-9-24-10-18-14)19-12-3-1-2-11(6-12)7-17-16(22)25-13-4-5-23-8-13/h1-3,6,10,13-14H,4-5,7-9H2,(H,17,22)(H2,19,20,21)/t13-,14?/m0/s1. The summed E-state index contributed by atoms with van der Waals surface area (Å²) in [6.07, 6.45) is 0.996. The first-order chi connectivity index (χ1) is 12.2. The van der Waals surface area contributed by atoms with Crippen molar-refractivity contribution >= 4 is 24.2 Å². The van der Waals surface area contributed by atoms with Crippen LogP contribution >= 0.6 is 0 Å². The van der Waals surface area contributed by atoms with Gasteiger partial charge in [-0.1, -0.05) is 12.1 Å². The molecule has 2 heterocycles. The molecule has 1 unspecified atom stereocenters. The Labute approximate surface area is 144 Å². The number of amides is 3. The Hall–Kier alpha value is -2.81. The van der Waals surface area contributed by atoms with E-state index < -0.39 is 6.09 Å². The summed E-state index contributed by atoms with van der Waals surface area (Å²) in [5.41, 5.74) is 1.44. The van der Waals surface area contributed by atoms with Crippen LogP contribution in [0, 0.1) is 0 Å². The van der Waals surface area contributed by atoms with E-state index in [4.69, 9.17) is 14.2 Å². The average Bonchev–Trinajstić information content (AvgIpc) is 3.27. The predicted octanol–water partition coefficient (Wildman–Crippen LogP) is 1.21. The monoisotopic (exact) mass is 348 g/mol. The number of urea groups is 1. The lowest BCUT2D eigenvalue weighted by Crippen LogP contribution is -2.37.